The van der Waals surface area contributed by atoms with E-state index in [4.69, 9.17) is 0 Å². The molecule has 0 saturated heterocycles. The molecule has 4 aromatic rings. The van der Waals surface area contributed by atoms with Gasteiger partial charge in [-0.05, 0) is 38.5 Å². The van der Waals surface area contributed by atoms with Gasteiger partial charge in [0.15, 0.2) is 0 Å². The zero-order chi connectivity index (χ0) is 24.2. The third-order valence-corrected chi connectivity index (χ3v) is 10.6. The predicted octanol–water partition coefficient (Wildman–Crippen LogP) is 3.76. The summed E-state index contributed by atoms with van der Waals surface area (Å²) in [6, 6.07) is 27.0. The van der Waals surface area contributed by atoms with Crippen molar-refractivity contribution in [2.45, 2.75) is 65.2 Å². The average molecular weight is 740 g/mol. The van der Waals surface area contributed by atoms with Gasteiger partial charge in [-0.25, -0.2) is 0 Å². The number of halogens is 2. The summed E-state index contributed by atoms with van der Waals surface area (Å²) in [6.45, 7) is 9.20. The van der Waals surface area contributed by atoms with Crippen molar-refractivity contribution in [2.24, 2.45) is 0 Å². The molecular weight excluding hydrogens is 696 g/mol. The Morgan fingerprint density at radius 1 is 0.595 bits per heavy atom. The maximum Gasteiger partial charge on any atom is 4.00 e. The van der Waals surface area contributed by atoms with Crippen molar-refractivity contribution < 1.29 is 50.7 Å². The smallest absolute Gasteiger partial charge is 1.00 e. The second kappa shape index (κ2) is 20.8. The van der Waals surface area contributed by atoms with Crippen LogP contribution in [0.25, 0.3) is 21.5 Å². The van der Waals surface area contributed by atoms with Crippen LogP contribution in [0.1, 0.15) is 65.2 Å². The largest absolute Gasteiger partial charge is 4.00 e. The molecule has 4 aromatic carbocycles. The summed E-state index contributed by atoms with van der Waals surface area (Å²) >= 11 is 0. The Labute approximate surface area is 260 Å². The Bertz CT molecular complexity index is 1020. The van der Waals surface area contributed by atoms with Crippen molar-refractivity contribution in [3.63, 3.8) is 0 Å². The molecule has 0 spiro atoms. The van der Waals surface area contributed by atoms with Crippen LogP contribution in [-0.4, -0.2) is 25.7 Å². The molecule has 0 aliphatic heterocycles. The first-order chi connectivity index (χ1) is 16.6. The van der Waals surface area contributed by atoms with E-state index in [0.29, 0.717) is 0 Å². The molecule has 0 aliphatic rings. The molecule has 4 rings (SSSR count). The molecule has 0 bridgehead atoms. The van der Waals surface area contributed by atoms with Crippen molar-refractivity contribution in [2.75, 3.05) is 25.7 Å². The van der Waals surface area contributed by atoms with Crippen molar-refractivity contribution in [1.29, 1.82) is 0 Å². The number of rotatable bonds is 12. The molecule has 200 valence electrons. The van der Waals surface area contributed by atoms with Crippen molar-refractivity contribution in [1.82, 2.24) is 0 Å². The molecule has 0 aromatic heterocycles. The van der Waals surface area contributed by atoms with Crippen LogP contribution in [-0.2, 0) is 25.8 Å². The van der Waals surface area contributed by atoms with E-state index in [-0.39, 0.29) is 66.5 Å². The first kappa shape index (κ1) is 37.0. The summed E-state index contributed by atoms with van der Waals surface area (Å²) in [6.07, 6.45) is 14.1. The topological polar surface area (TPSA) is 0 Å². The maximum atomic E-state index is 2.47. The minimum atomic E-state index is 0. The molecule has 0 saturated carbocycles. The van der Waals surface area contributed by atoms with Crippen molar-refractivity contribution in [3.8, 4) is 0 Å². The van der Waals surface area contributed by atoms with E-state index in [1.165, 1.54) is 90.5 Å². The summed E-state index contributed by atoms with van der Waals surface area (Å²) in [7, 11) is 0.122. The van der Waals surface area contributed by atoms with E-state index in [2.05, 4.69) is 100.0 Å². The van der Waals surface area contributed by atoms with E-state index < -0.39 is 0 Å². The standard InChI is InChI=1S/C21H32P.C11H12P.2ClH.Hf/c1-3-5-7-11-15-22(16-12-8-6-4-2)21-17-19-13-9-10-14-20(19)18-21;1-12(2)11-7-9-5-3-4-6-10(9)8-11;;;/h9-10,13-14,17-18H,3-8,11-12,15-16H2,1-2H3;3-8H,1-2H3;2*1H;/q2*-1;;;+4/p-2. The number of unbranched alkanes of at least 4 members (excludes halogenated alkanes) is 6. The third kappa shape index (κ3) is 12.4. The summed E-state index contributed by atoms with van der Waals surface area (Å²) in [5.41, 5.74) is 0. The van der Waals surface area contributed by atoms with Gasteiger partial charge >= 0.3 is 25.8 Å². The van der Waals surface area contributed by atoms with E-state index in [9.17, 15) is 0 Å². The zero-order valence-electron chi connectivity index (χ0n) is 23.1. The molecule has 0 atom stereocenters. The summed E-state index contributed by atoms with van der Waals surface area (Å²) in [5, 5.41) is 8.79. The monoisotopic (exact) mass is 740 g/mol. The molecule has 0 radical (unpaired) electrons. The Morgan fingerprint density at radius 3 is 1.46 bits per heavy atom. The second-order valence-electron chi connectivity index (χ2n) is 9.69. The zero-order valence-corrected chi connectivity index (χ0v) is 30.0. The minimum absolute atomic E-state index is 0. The predicted molar refractivity (Wildman–Crippen MR) is 162 cm³/mol. The Kier molecular flexibility index (Phi) is 20.8. The first-order valence-corrected chi connectivity index (χ1v) is 17.3. The van der Waals surface area contributed by atoms with Gasteiger partial charge in [0.05, 0.1) is 0 Å². The van der Waals surface area contributed by atoms with Crippen LogP contribution in [0.4, 0.5) is 0 Å². The van der Waals surface area contributed by atoms with Crippen LogP contribution in [0.2, 0.25) is 0 Å². The summed E-state index contributed by atoms with van der Waals surface area (Å²) in [5.74, 6) is 0. The summed E-state index contributed by atoms with van der Waals surface area (Å²) < 4.78 is 0. The van der Waals surface area contributed by atoms with Crippen molar-refractivity contribution >= 4 is 48.0 Å². The van der Waals surface area contributed by atoms with Gasteiger partial charge in [-0.2, -0.15) is 12.1 Å². The van der Waals surface area contributed by atoms with E-state index >= 15 is 0 Å². The molecule has 0 nitrogen and oxygen atoms in total. The van der Waals surface area contributed by atoms with Gasteiger partial charge < -0.3 is 24.8 Å². The van der Waals surface area contributed by atoms with E-state index in [0.717, 1.165) is 0 Å². The van der Waals surface area contributed by atoms with Crippen LogP contribution in [0.3, 0.4) is 0 Å². The Balaban J connectivity index is 0.000000739. The molecular formula is C32H44Cl2HfP2. The fourth-order valence-electron chi connectivity index (χ4n) is 4.54. The Hall–Kier alpha value is -0.0299. The van der Waals surface area contributed by atoms with E-state index in [1.807, 2.05) is 0 Å². The van der Waals surface area contributed by atoms with Crippen molar-refractivity contribution in [3.05, 3.63) is 72.8 Å². The van der Waals surface area contributed by atoms with Gasteiger partial charge in [0.1, 0.15) is 0 Å². The van der Waals surface area contributed by atoms with Gasteiger partial charge in [0.2, 0.25) is 0 Å². The minimum Gasteiger partial charge on any atom is -1.00 e. The maximum absolute atomic E-state index is 2.47. The molecule has 0 amide bonds. The third-order valence-electron chi connectivity index (χ3n) is 6.65. The number of hydrogen-bond acceptors (Lipinski definition) is 0. The van der Waals surface area contributed by atoms with Gasteiger partial charge in [-0.1, -0.05) is 72.4 Å². The SMILES string of the molecule is CCCCCCP(CCCCCC)c1cc2ccccc2[cH-]1.CP(C)c1cc2ccccc2[cH-]1.[Cl-].[Cl-].[Hf+4]. The number of fused-ring (bicyclic) bond motifs is 2. The normalized spacial score (nSPS) is 10.5. The number of hydrogen-bond donors (Lipinski definition) is 0. The Morgan fingerprint density at radius 2 is 1.03 bits per heavy atom. The molecule has 0 N–H and O–H groups in total. The molecule has 0 heterocycles. The quantitative estimate of drug-likeness (QED) is 0.0900. The fraction of sp³-hybridized carbons (Fsp3) is 0.438. The van der Waals surface area contributed by atoms with Crippen LogP contribution >= 0.6 is 15.8 Å². The van der Waals surface area contributed by atoms with Gasteiger partial charge in [0, 0.05) is 0 Å². The first-order valence-electron chi connectivity index (χ1n) is 13.4. The van der Waals surface area contributed by atoms with Gasteiger partial charge in [-0.3, -0.25) is 0 Å². The van der Waals surface area contributed by atoms with Gasteiger partial charge in [0.25, 0.3) is 0 Å². The van der Waals surface area contributed by atoms with Crippen LogP contribution in [0.5, 0.6) is 0 Å². The molecule has 0 fully saturated rings. The fourth-order valence-corrected chi connectivity index (χ4v) is 7.93. The number of benzene rings is 2. The average Bonchev–Trinajstić information content (AvgIpc) is 3.48. The van der Waals surface area contributed by atoms with E-state index in [1.54, 1.807) is 5.30 Å². The second-order valence-corrected chi connectivity index (χ2v) is 14.5. The molecule has 0 aliphatic carbocycles. The summed E-state index contributed by atoms with van der Waals surface area (Å²) in [4.78, 5) is 0. The van der Waals surface area contributed by atoms with Crippen LogP contribution in [0.15, 0.2) is 72.8 Å². The molecule has 5 heteroatoms. The van der Waals surface area contributed by atoms with Crippen LogP contribution in [0, 0.1) is 0 Å². The molecule has 0 unspecified atom stereocenters. The van der Waals surface area contributed by atoms with Gasteiger partial charge in [-0.15, -0.1) is 88.6 Å². The van der Waals surface area contributed by atoms with Crippen LogP contribution < -0.4 is 35.4 Å². The molecule has 37 heavy (non-hydrogen) atoms.